The van der Waals surface area contributed by atoms with Crippen LogP contribution in [-0.4, -0.2) is 58.1 Å². The fraction of sp³-hybridized carbons (Fsp3) is 0.467. The Labute approximate surface area is 240 Å². The Hall–Kier alpha value is -3.96. The number of nitrogens with one attached hydrogen (secondary N) is 2. The quantitative estimate of drug-likeness (QED) is 0.145. The zero-order valence-electron chi connectivity index (χ0n) is 24.0. The van der Waals surface area contributed by atoms with Gasteiger partial charge in [0.15, 0.2) is 0 Å². The van der Waals surface area contributed by atoms with Crippen LogP contribution in [0.1, 0.15) is 51.7 Å². The summed E-state index contributed by atoms with van der Waals surface area (Å²) in [5, 5.41) is 24.4. The number of aromatic hydroxyl groups is 2. The van der Waals surface area contributed by atoms with Crippen LogP contribution in [0.5, 0.6) is 11.5 Å². The number of benzene rings is 2. The van der Waals surface area contributed by atoms with Gasteiger partial charge in [0.25, 0.3) is 0 Å². The number of rotatable bonds is 14. The van der Waals surface area contributed by atoms with Crippen LogP contribution in [0.4, 0.5) is 0 Å². The molecule has 2 aromatic rings. The molecule has 0 aliphatic heterocycles. The summed E-state index contributed by atoms with van der Waals surface area (Å²) in [4.78, 5) is 52.1. The minimum Gasteiger partial charge on any atom is -0.508 e. The maximum Gasteiger partial charge on any atom is 0.336 e. The fourth-order valence-corrected chi connectivity index (χ4v) is 4.15. The average molecular weight is 571 g/mol. The Kier molecular flexibility index (Phi) is 12.8. The van der Waals surface area contributed by atoms with Crippen LogP contribution in [0, 0.1) is 11.8 Å². The summed E-state index contributed by atoms with van der Waals surface area (Å²) < 4.78 is 5.20. The molecule has 0 aromatic heterocycles. The monoisotopic (exact) mass is 570 g/mol. The van der Waals surface area contributed by atoms with Crippen LogP contribution in [0.25, 0.3) is 0 Å². The van der Waals surface area contributed by atoms with E-state index in [0.29, 0.717) is 24.0 Å². The molecule has 0 aliphatic rings. The van der Waals surface area contributed by atoms with Crippen LogP contribution in [-0.2, 0) is 36.8 Å². The number of nitrogens with two attached hydrogens (primary N) is 2. The number of carbonyl (C=O) groups excluding carboxylic acids is 4. The third kappa shape index (κ3) is 11.6. The molecule has 11 nitrogen and oxygen atoms in total. The predicted octanol–water partition coefficient (Wildman–Crippen LogP) is 1.67. The summed E-state index contributed by atoms with van der Waals surface area (Å²) >= 11 is 0. The molecule has 0 radical (unpaired) electrons. The van der Waals surface area contributed by atoms with E-state index in [1.54, 1.807) is 24.3 Å². The zero-order chi connectivity index (χ0) is 30.7. The lowest BCUT2D eigenvalue weighted by atomic mass is 10.0. The molecule has 4 atom stereocenters. The summed E-state index contributed by atoms with van der Waals surface area (Å²) in [6.07, 6.45) is 0.674. The molecule has 0 saturated carbocycles. The van der Waals surface area contributed by atoms with Gasteiger partial charge in [-0.15, -0.1) is 0 Å². The Balaban J connectivity index is 2.26. The van der Waals surface area contributed by atoms with E-state index < -0.39 is 47.9 Å². The van der Waals surface area contributed by atoms with Crippen molar-refractivity contribution in [3.63, 3.8) is 0 Å². The minimum absolute atomic E-state index is 0.0227. The first-order valence-corrected chi connectivity index (χ1v) is 13.7. The summed E-state index contributed by atoms with van der Waals surface area (Å²) in [6.45, 7) is 7.63. The van der Waals surface area contributed by atoms with Crippen molar-refractivity contribution in [2.45, 2.75) is 77.5 Å². The molecule has 0 aliphatic carbocycles. The van der Waals surface area contributed by atoms with Gasteiger partial charge in [0.1, 0.15) is 23.6 Å². The summed E-state index contributed by atoms with van der Waals surface area (Å²) in [5.41, 5.74) is 13.2. The van der Waals surface area contributed by atoms with E-state index in [-0.39, 0.29) is 36.2 Å². The molecule has 2 rings (SSSR count). The SMILES string of the molecule is CC(C)C[C@H](N)C(=O)N[C@@H](Cc1ccc(O)cc1)C(=O)OC(=O)[C@H](Cc1ccc(O)cc1)NC(=O)[C@@H](N)CC(C)C. The second kappa shape index (κ2) is 15.7. The van der Waals surface area contributed by atoms with Crippen molar-refractivity contribution in [1.82, 2.24) is 10.6 Å². The number of hydrogen-bond acceptors (Lipinski definition) is 9. The maximum absolute atomic E-state index is 13.3. The summed E-state index contributed by atoms with van der Waals surface area (Å²) in [5.74, 6) is -2.93. The lowest BCUT2D eigenvalue weighted by Gasteiger charge is -2.23. The second-order valence-corrected chi connectivity index (χ2v) is 11.1. The maximum atomic E-state index is 13.3. The number of hydrogen-bond donors (Lipinski definition) is 6. The van der Waals surface area contributed by atoms with Crippen molar-refractivity contribution in [2.24, 2.45) is 23.3 Å². The van der Waals surface area contributed by atoms with Crippen molar-refractivity contribution < 1.29 is 34.1 Å². The van der Waals surface area contributed by atoms with E-state index in [4.69, 9.17) is 16.2 Å². The molecule has 8 N–H and O–H groups in total. The van der Waals surface area contributed by atoms with Gasteiger partial charge in [0, 0.05) is 12.8 Å². The van der Waals surface area contributed by atoms with E-state index >= 15 is 0 Å². The van der Waals surface area contributed by atoms with Gasteiger partial charge in [-0.25, -0.2) is 9.59 Å². The van der Waals surface area contributed by atoms with Gasteiger partial charge in [0.2, 0.25) is 11.8 Å². The Morgan fingerprint density at radius 1 is 0.659 bits per heavy atom. The lowest BCUT2D eigenvalue weighted by Crippen LogP contribution is -2.53. The molecule has 41 heavy (non-hydrogen) atoms. The van der Waals surface area contributed by atoms with Crippen LogP contribution in [0.15, 0.2) is 48.5 Å². The molecule has 224 valence electrons. The van der Waals surface area contributed by atoms with Gasteiger partial charge in [-0.3, -0.25) is 9.59 Å². The van der Waals surface area contributed by atoms with Crippen molar-refractivity contribution in [3.8, 4) is 11.5 Å². The van der Waals surface area contributed by atoms with Crippen LogP contribution >= 0.6 is 0 Å². The van der Waals surface area contributed by atoms with Gasteiger partial charge in [-0.1, -0.05) is 52.0 Å². The average Bonchev–Trinajstić information content (AvgIpc) is 2.89. The van der Waals surface area contributed by atoms with Gasteiger partial charge < -0.3 is 37.1 Å². The fourth-order valence-electron chi connectivity index (χ4n) is 4.15. The highest BCUT2D eigenvalue weighted by atomic mass is 16.6. The molecule has 2 aromatic carbocycles. The minimum atomic E-state index is -1.28. The van der Waals surface area contributed by atoms with E-state index in [2.05, 4.69) is 10.6 Å². The lowest BCUT2D eigenvalue weighted by molar-refractivity contribution is -0.164. The largest absolute Gasteiger partial charge is 0.508 e. The Bertz CT molecular complexity index is 1070. The van der Waals surface area contributed by atoms with Crippen molar-refractivity contribution >= 4 is 23.8 Å². The van der Waals surface area contributed by atoms with Crippen LogP contribution in [0.3, 0.4) is 0 Å². The highest BCUT2D eigenvalue weighted by Crippen LogP contribution is 2.15. The molecule has 0 saturated heterocycles. The number of carbonyl (C=O) groups is 4. The number of amides is 2. The normalized spacial score (nSPS) is 14.1. The van der Waals surface area contributed by atoms with E-state index in [9.17, 15) is 29.4 Å². The zero-order valence-corrected chi connectivity index (χ0v) is 24.0. The molecule has 0 unspecified atom stereocenters. The highest BCUT2D eigenvalue weighted by molar-refractivity contribution is 5.95. The number of esters is 2. The first kappa shape index (κ1) is 33.2. The standard InChI is InChI=1S/C30H42N4O7/c1-17(2)13-23(31)27(37)33-25(15-19-5-9-21(35)10-6-19)29(39)41-30(40)26(16-20-7-11-22(36)12-8-20)34-28(38)24(32)14-18(3)4/h5-12,17-18,23-26,35-36H,13-16,31-32H2,1-4H3,(H,33,37)(H,34,38)/t23-,24-,25-,26-/m0/s1. The van der Waals surface area contributed by atoms with Crippen LogP contribution in [0.2, 0.25) is 0 Å². The van der Waals surface area contributed by atoms with Gasteiger partial charge >= 0.3 is 11.9 Å². The smallest absolute Gasteiger partial charge is 0.336 e. The molecular formula is C30H42N4O7. The molecule has 0 spiro atoms. The first-order chi connectivity index (χ1) is 19.2. The Morgan fingerprint density at radius 2 is 0.976 bits per heavy atom. The van der Waals surface area contributed by atoms with E-state index in [1.807, 2.05) is 27.7 Å². The molecular weight excluding hydrogens is 528 g/mol. The predicted molar refractivity (Wildman–Crippen MR) is 153 cm³/mol. The van der Waals surface area contributed by atoms with Crippen molar-refractivity contribution in [2.75, 3.05) is 0 Å². The number of ether oxygens (including phenoxy) is 1. The molecule has 0 fully saturated rings. The van der Waals surface area contributed by atoms with Gasteiger partial charge in [0.05, 0.1) is 12.1 Å². The van der Waals surface area contributed by atoms with Crippen LogP contribution < -0.4 is 22.1 Å². The molecule has 2 amide bonds. The number of phenols is 2. The molecule has 0 bridgehead atoms. The third-order valence-electron chi connectivity index (χ3n) is 6.28. The number of phenolic OH excluding ortho intramolecular Hbond substituents is 2. The Morgan fingerprint density at radius 3 is 1.27 bits per heavy atom. The van der Waals surface area contributed by atoms with Crippen molar-refractivity contribution in [3.05, 3.63) is 59.7 Å². The third-order valence-corrected chi connectivity index (χ3v) is 6.28. The molecule has 0 heterocycles. The van der Waals surface area contributed by atoms with E-state index in [1.165, 1.54) is 24.3 Å². The first-order valence-electron chi connectivity index (χ1n) is 13.7. The van der Waals surface area contributed by atoms with Gasteiger partial charge in [-0.2, -0.15) is 0 Å². The van der Waals surface area contributed by atoms with Crippen molar-refractivity contribution in [1.29, 1.82) is 0 Å². The summed E-state index contributed by atoms with van der Waals surface area (Å²) in [7, 11) is 0. The second-order valence-electron chi connectivity index (χ2n) is 11.1. The topological polar surface area (TPSA) is 194 Å². The van der Waals surface area contributed by atoms with E-state index in [0.717, 1.165) is 0 Å². The summed E-state index contributed by atoms with van der Waals surface area (Å²) in [6, 6.07) is 7.68. The molecule has 11 heteroatoms. The highest BCUT2D eigenvalue weighted by Gasteiger charge is 2.32. The van der Waals surface area contributed by atoms with Gasteiger partial charge in [-0.05, 0) is 60.1 Å².